The van der Waals surface area contributed by atoms with E-state index in [2.05, 4.69) is 29.7 Å². The quantitative estimate of drug-likeness (QED) is 0.0298. The van der Waals surface area contributed by atoms with Gasteiger partial charge < -0.3 is 75.5 Å². The largest absolute Gasteiger partial charge is 0.439 e. The summed E-state index contributed by atoms with van der Waals surface area (Å²) in [6, 6.07) is 0. The molecule has 0 saturated carbocycles. The number of ether oxygens (including phenoxy) is 3. The Morgan fingerprint density at radius 3 is 1.91 bits per heavy atom. The SMILES string of the molecule is CCCCCCCC/C=C/CCCCCCCC(=O)N(CCNC(=O)COC(=O)N(C)C)CCNC(=O)C(O)C(O)C(O[C@@H]1OC(CO)[C@H](O)[C@H](O)C1O)C(O)CO. The van der Waals surface area contributed by atoms with Gasteiger partial charge in [0, 0.05) is 46.7 Å². The normalized spacial score (nSPS) is 21.5. The minimum Gasteiger partial charge on any atom is -0.439 e. The van der Waals surface area contributed by atoms with Crippen molar-refractivity contribution < 1.29 is 74.2 Å². The van der Waals surface area contributed by atoms with Gasteiger partial charge in [-0.15, -0.1) is 0 Å². The predicted octanol–water partition coefficient (Wildman–Crippen LogP) is -0.957. The number of nitrogens with zero attached hydrogens (tertiary/aromatic N) is 2. The number of rotatable bonds is 31. The molecule has 338 valence electrons. The summed E-state index contributed by atoms with van der Waals surface area (Å²) in [5.74, 6) is -1.99. The third kappa shape index (κ3) is 20.8. The lowest BCUT2D eigenvalue weighted by atomic mass is 9.98. The molecule has 0 radical (unpaired) electrons. The summed E-state index contributed by atoms with van der Waals surface area (Å²) in [6.45, 7) is -0.381. The van der Waals surface area contributed by atoms with Crippen LogP contribution in [0.5, 0.6) is 0 Å². The minimum absolute atomic E-state index is 0.00175. The highest BCUT2D eigenvalue weighted by Crippen LogP contribution is 2.25. The van der Waals surface area contributed by atoms with E-state index in [0.29, 0.717) is 6.42 Å². The molecule has 19 nitrogen and oxygen atoms in total. The predicted molar refractivity (Wildman–Crippen MR) is 211 cm³/mol. The molecule has 0 bridgehead atoms. The number of unbranched alkanes of at least 4 members (excludes halogenated alkanes) is 11. The monoisotopic (exact) mass is 836 g/mol. The smallest absolute Gasteiger partial charge is 0.409 e. The number of nitrogens with one attached hydrogen (secondary N) is 2. The van der Waals surface area contributed by atoms with Crippen molar-refractivity contribution in [3.05, 3.63) is 12.2 Å². The van der Waals surface area contributed by atoms with Crippen molar-refractivity contribution in [3.63, 3.8) is 0 Å². The van der Waals surface area contributed by atoms with Crippen LogP contribution in [0.15, 0.2) is 12.2 Å². The molecule has 1 heterocycles. The maximum Gasteiger partial charge on any atom is 0.409 e. The average molecular weight is 837 g/mol. The Kier molecular flexibility index (Phi) is 28.3. The van der Waals surface area contributed by atoms with Crippen LogP contribution in [-0.4, -0.2) is 190 Å². The number of hydrogen-bond acceptors (Lipinski definition) is 15. The first-order valence-electron chi connectivity index (χ1n) is 20.6. The number of aliphatic hydroxyl groups is 8. The van der Waals surface area contributed by atoms with E-state index in [1.807, 2.05) is 0 Å². The fourth-order valence-electron chi connectivity index (χ4n) is 6.09. The first-order valence-corrected chi connectivity index (χ1v) is 20.6. The molecule has 0 aromatic rings. The van der Waals surface area contributed by atoms with Crippen LogP contribution in [0.1, 0.15) is 96.8 Å². The molecule has 1 rings (SSSR count). The van der Waals surface area contributed by atoms with E-state index in [-0.39, 0.29) is 38.5 Å². The molecule has 4 amide bonds. The zero-order valence-corrected chi connectivity index (χ0v) is 34.5. The maximum atomic E-state index is 13.2. The van der Waals surface area contributed by atoms with E-state index in [0.717, 1.165) is 43.4 Å². The molecule has 58 heavy (non-hydrogen) atoms. The Morgan fingerprint density at radius 1 is 0.776 bits per heavy atom. The lowest BCUT2D eigenvalue weighted by molar-refractivity contribution is -0.326. The highest BCUT2D eigenvalue weighted by molar-refractivity contribution is 5.81. The number of aliphatic hydroxyl groups excluding tert-OH is 8. The second kappa shape index (κ2) is 31.0. The summed E-state index contributed by atoms with van der Waals surface area (Å²) in [4.78, 5) is 52.5. The van der Waals surface area contributed by atoms with Crippen LogP contribution >= 0.6 is 0 Å². The second-order valence-corrected chi connectivity index (χ2v) is 14.8. The number of hydrogen-bond donors (Lipinski definition) is 10. The summed E-state index contributed by atoms with van der Waals surface area (Å²) in [5, 5.41) is 86.1. The molecule has 0 aromatic heterocycles. The maximum absolute atomic E-state index is 13.2. The number of carbonyl (C=O) groups excluding carboxylic acids is 4. The van der Waals surface area contributed by atoms with Gasteiger partial charge in [0.25, 0.3) is 11.8 Å². The summed E-state index contributed by atoms with van der Waals surface area (Å²) in [6.07, 6.45) is 1.10. The number of amides is 4. The van der Waals surface area contributed by atoms with E-state index in [1.165, 1.54) is 57.5 Å². The van der Waals surface area contributed by atoms with Crippen LogP contribution in [0, 0.1) is 0 Å². The molecular weight excluding hydrogens is 764 g/mol. The molecule has 1 aliphatic heterocycles. The number of allylic oxidation sites excluding steroid dienone is 2. The highest BCUT2D eigenvalue weighted by atomic mass is 16.7. The zero-order chi connectivity index (χ0) is 43.5. The Balaban J connectivity index is 2.71. The minimum atomic E-state index is -2.28. The average Bonchev–Trinajstić information content (AvgIpc) is 3.21. The molecule has 19 heteroatoms. The zero-order valence-electron chi connectivity index (χ0n) is 34.5. The van der Waals surface area contributed by atoms with Gasteiger partial charge in [0.05, 0.1) is 13.2 Å². The third-order valence-corrected chi connectivity index (χ3v) is 9.72. The molecule has 10 N–H and O–H groups in total. The molecular formula is C39H72N4O15. The molecule has 1 aliphatic rings. The van der Waals surface area contributed by atoms with Crippen molar-refractivity contribution in [2.75, 3.05) is 60.1 Å². The van der Waals surface area contributed by atoms with Crippen LogP contribution in [0.3, 0.4) is 0 Å². The standard InChI is InChI=1S/C39H72N4O15/c1-4-5-6-7-8-9-10-11-12-13-14-15-16-17-18-19-30(48)43(22-20-40-29(47)26-56-39(55)42(2)3)23-21-41-37(54)34(52)33(51)36(27(46)24-44)58-38-35(53)32(50)31(49)28(25-45)57-38/h11-12,27-28,31-36,38,44-46,49-53H,4-10,13-26H2,1-3H3,(H,40,47)(H,41,54)/b12-11+/t27?,28?,31-,32-,33?,34?,35?,36?,38-/m0/s1. The van der Waals surface area contributed by atoms with E-state index >= 15 is 0 Å². The van der Waals surface area contributed by atoms with E-state index in [1.54, 1.807) is 0 Å². The molecule has 0 spiro atoms. The van der Waals surface area contributed by atoms with Crippen molar-refractivity contribution in [2.24, 2.45) is 0 Å². The Morgan fingerprint density at radius 2 is 1.34 bits per heavy atom. The van der Waals surface area contributed by atoms with Crippen LogP contribution in [0.2, 0.25) is 0 Å². The first kappa shape index (κ1) is 53.0. The number of carbonyl (C=O) groups is 4. The van der Waals surface area contributed by atoms with Crippen molar-refractivity contribution in [1.29, 1.82) is 0 Å². The molecule has 6 unspecified atom stereocenters. The fourth-order valence-corrected chi connectivity index (χ4v) is 6.09. The summed E-state index contributed by atoms with van der Waals surface area (Å²) in [5.41, 5.74) is 0. The Labute approximate surface area is 342 Å². The third-order valence-electron chi connectivity index (χ3n) is 9.72. The molecule has 1 fully saturated rings. The summed E-state index contributed by atoms with van der Waals surface area (Å²) < 4.78 is 15.4. The van der Waals surface area contributed by atoms with Gasteiger partial charge in [-0.3, -0.25) is 14.4 Å². The van der Waals surface area contributed by atoms with E-state index in [4.69, 9.17) is 14.2 Å². The topological polar surface area (TPSA) is 288 Å². The van der Waals surface area contributed by atoms with Crippen LogP contribution in [0.25, 0.3) is 0 Å². The molecule has 0 aliphatic carbocycles. The van der Waals surface area contributed by atoms with Crippen molar-refractivity contribution in [2.45, 2.75) is 152 Å². The van der Waals surface area contributed by atoms with Gasteiger partial charge in [-0.1, -0.05) is 70.4 Å². The van der Waals surface area contributed by atoms with Crippen LogP contribution in [0.4, 0.5) is 4.79 Å². The Bertz CT molecular complexity index is 1180. The van der Waals surface area contributed by atoms with Crippen molar-refractivity contribution in [1.82, 2.24) is 20.4 Å². The summed E-state index contributed by atoms with van der Waals surface area (Å²) in [7, 11) is 2.93. The van der Waals surface area contributed by atoms with Gasteiger partial charge in [-0.05, 0) is 32.1 Å². The van der Waals surface area contributed by atoms with Gasteiger partial charge in [0.15, 0.2) is 19.0 Å². The van der Waals surface area contributed by atoms with Crippen molar-refractivity contribution >= 4 is 23.8 Å². The van der Waals surface area contributed by atoms with E-state index < -0.39 is 92.9 Å². The van der Waals surface area contributed by atoms with Gasteiger partial charge in [0.1, 0.15) is 42.7 Å². The van der Waals surface area contributed by atoms with Crippen LogP contribution in [-0.2, 0) is 28.6 Å². The molecule has 0 aromatic carbocycles. The van der Waals surface area contributed by atoms with Crippen LogP contribution < -0.4 is 10.6 Å². The Hall–Kier alpha value is -2.98. The summed E-state index contributed by atoms with van der Waals surface area (Å²) >= 11 is 0. The lowest BCUT2D eigenvalue weighted by Crippen LogP contribution is -2.62. The van der Waals surface area contributed by atoms with Gasteiger partial charge in [-0.2, -0.15) is 0 Å². The molecule has 9 atom stereocenters. The van der Waals surface area contributed by atoms with E-state index in [9.17, 15) is 60.0 Å². The van der Waals surface area contributed by atoms with Crippen molar-refractivity contribution in [3.8, 4) is 0 Å². The second-order valence-electron chi connectivity index (χ2n) is 14.8. The van der Waals surface area contributed by atoms with Gasteiger partial charge >= 0.3 is 6.09 Å². The van der Waals surface area contributed by atoms with Gasteiger partial charge in [-0.25, -0.2) is 4.79 Å². The first-order chi connectivity index (χ1) is 27.7. The molecule has 1 saturated heterocycles. The highest BCUT2D eigenvalue weighted by Gasteiger charge is 2.47. The lowest BCUT2D eigenvalue weighted by Gasteiger charge is -2.42. The fraction of sp³-hybridized carbons (Fsp3) is 0.846. The van der Waals surface area contributed by atoms with Gasteiger partial charge in [0.2, 0.25) is 5.91 Å².